The highest BCUT2D eigenvalue weighted by Gasteiger charge is 2.20. The van der Waals surface area contributed by atoms with Crippen molar-refractivity contribution < 1.29 is 9.59 Å². The molecular weight excluding hydrogens is 308 g/mol. The molecule has 0 bridgehead atoms. The first-order valence-electron chi connectivity index (χ1n) is 6.43. The van der Waals surface area contributed by atoms with Crippen molar-refractivity contribution in [3.05, 3.63) is 34.9 Å². The van der Waals surface area contributed by atoms with Crippen LogP contribution in [0.1, 0.15) is 19.4 Å². The van der Waals surface area contributed by atoms with Crippen LogP contribution in [0.5, 0.6) is 0 Å². The lowest BCUT2D eigenvalue weighted by molar-refractivity contribution is 0.173. The second-order valence-corrected chi connectivity index (χ2v) is 5.05. The number of rotatable bonds is 3. The predicted octanol–water partition coefficient (Wildman–Crippen LogP) is 1.68. The van der Waals surface area contributed by atoms with Gasteiger partial charge < -0.3 is 0 Å². The van der Waals surface area contributed by atoms with Crippen molar-refractivity contribution in [1.82, 2.24) is 21.3 Å². The minimum Gasteiger partial charge on any atom is -0.245 e. The number of hydrazine groups is 1. The van der Waals surface area contributed by atoms with Gasteiger partial charge >= 0.3 is 12.1 Å². The summed E-state index contributed by atoms with van der Waals surface area (Å²) in [5, 5.41) is 9.39. The summed E-state index contributed by atoms with van der Waals surface area (Å²) in [5.41, 5.74) is 8.99. The number of amides is 4. The first kappa shape index (κ1) is 15.8. The van der Waals surface area contributed by atoms with E-state index in [1.165, 1.54) is 0 Å². The Kier molecular flexibility index (Phi) is 4.95. The maximum Gasteiger partial charge on any atom is 0.356 e. The van der Waals surface area contributed by atoms with Crippen LogP contribution in [0.4, 0.5) is 9.59 Å². The number of hydrazone groups is 2. The Morgan fingerprint density at radius 2 is 2.27 bits per heavy atom. The summed E-state index contributed by atoms with van der Waals surface area (Å²) in [7, 11) is 0. The van der Waals surface area contributed by atoms with Gasteiger partial charge in [0.25, 0.3) is 0 Å². The van der Waals surface area contributed by atoms with Crippen molar-refractivity contribution in [3.8, 4) is 0 Å². The molecule has 0 radical (unpaired) electrons. The van der Waals surface area contributed by atoms with Gasteiger partial charge in [0.1, 0.15) is 0 Å². The molecule has 1 aromatic rings. The minimum atomic E-state index is -0.633. The summed E-state index contributed by atoms with van der Waals surface area (Å²) in [6.07, 6.45) is 0. The van der Waals surface area contributed by atoms with Crippen molar-refractivity contribution in [2.24, 2.45) is 10.2 Å². The molecule has 0 spiro atoms. The summed E-state index contributed by atoms with van der Waals surface area (Å²) in [6, 6.07) is 5.94. The normalized spacial score (nSPS) is 15.0. The van der Waals surface area contributed by atoms with Crippen molar-refractivity contribution in [2.75, 3.05) is 6.54 Å². The predicted molar refractivity (Wildman–Crippen MR) is 83.7 cm³/mol. The molecule has 1 aliphatic heterocycles. The Bertz CT molecular complexity index is 658. The number of benzene rings is 1. The molecule has 0 aromatic heterocycles. The van der Waals surface area contributed by atoms with Crippen LogP contribution in [0.2, 0.25) is 5.02 Å². The van der Waals surface area contributed by atoms with Gasteiger partial charge in [0.05, 0.1) is 18.0 Å². The average Bonchev–Trinajstić information content (AvgIpc) is 2.48. The van der Waals surface area contributed by atoms with Gasteiger partial charge in [0.2, 0.25) is 0 Å². The van der Waals surface area contributed by atoms with Crippen molar-refractivity contribution in [1.29, 1.82) is 0 Å². The van der Waals surface area contributed by atoms with E-state index < -0.39 is 12.1 Å². The Labute approximate surface area is 132 Å². The standard InChI is InChI=1S/C13H15ClN6O2/c1-8-7-20(13(22)18-15-8)19-12(21)17-16-9(2)10-4-3-5-11(14)6-10/h3-6H,7H2,1-2H3,(H,18,22)(H2,17,19,21)/b16-9+. The van der Waals surface area contributed by atoms with Crippen molar-refractivity contribution in [2.45, 2.75) is 13.8 Å². The smallest absolute Gasteiger partial charge is 0.245 e. The number of hydrogen-bond acceptors (Lipinski definition) is 4. The van der Waals surface area contributed by atoms with Crippen LogP contribution in [-0.4, -0.2) is 35.0 Å². The second kappa shape index (κ2) is 6.90. The fraction of sp³-hybridized carbons (Fsp3) is 0.231. The van der Waals surface area contributed by atoms with Gasteiger partial charge in [-0.15, -0.1) is 0 Å². The topological polar surface area (TPSA) is 98.2 Å². The molecule has 0 aliphatic carbocycles. The van der Waals surface area contributed by atoms with E-state index in [4.69, 9.17) is 11.6 Å². The van der Waals surface area contributed by atoms with Crippen LogP contribution >= 0.6 is 11.6 Å². The molecule has 0 unspecified atom stereocenters. The number of carbonyl (C=O) groups excluding carboxylic acids is 2. The lowest BCUT2D eigenvalue weighted by Gasteiger charge is -2.25. The molecule has 1 heterocycles. The van der Waals surface area contributed by atoms with E-state index >= 15 is 0 Å². The molecule has 4 amide bonds. The van der Waals surface area contributed by atoms with Crippen LogP contribution in [0.3, 0.4) is 0 Å². The average molecular weight is 323 g/mol. The highest BCUT2D eigenvalue weighted by molar-refractivity contribution is 6.31. The Balaban J connectivity index is 1.93. The molecule has 8 nitrogen and oxygen atoms in total. The van der Waals surface area contributed by atoms with Crippen LogP contribution in [0.15, 0.2) is 34.5 Å². The highest BCUT2D eigenvalue weighted by atomic mass is 35.5. The zero-order chi connectivity index (χ0) is 16.1. The third-order valence-electron chi connectivity index (χ3n) is 2.78. The summed E-state index contributed by atoms with van der Waals surface area (Å²) in [5.74, 6) is 0. The maximum absolute atomic E-state index is 11.7. The Morgan fingerprint density at radius 3 is 3.00 bits per heavy atom. The number of hydrogen-bond donors (Lipinski definition) is 3. The number of nitrogens with one attached hydrogen (secondary N) is 3. The third kappa shape index (κ3) is 4.19. The molecule has 0 saturated carbocycles. The van der Waals surface area contributed by atoms with E-state index in [1.807, 2.05) is 6.07 Å². The summed E-state index contributed by atoms with van der Waals surface area (Å²) >= 11 is 5.89. The monoisotopic (exact) mass is 322 g/mol. The summed E-state index contributed by atoms with van der Waals surface area (Å²) < 4.78 is 0. The van der Waals surface area contributed by atoms with E-state index in [2.05, 4.69) is 26.5 Å². The molecule has 0 fully saturated rings. The minimum absolute atomic E-state index is 0.205. The zero-order valence-corrected chi connectivity index (χ0v) is 12.8. The van der Waals surface area contributed by atoms with E-state index in [9.17, 15) is 9.59 Å². The molecule has 3 N–H and O–H groups in total. The largest absolute Gasteiger partial charge is 0.356 e. The van der Waals surface area contributed by atoms with E-state index in [0.717, 1.165) is 10.6 Å². The van der Waals surface area contributed by atoms with Gasteiger partial charge in [-0.05, 0) is 31.5 Å². The fourth-order valence-corrected chi connectivity index (χ4v) is 1.88. The lowest BCUT2D eigenvalue weighted by Crippen LogP contribution is -2.56. The van der Waals surface area contributed by atoms with E-state index in [1.54, 1.807) is 32.0 Å². The van der Waals surface area contributed by atoms with Crippen LogP contribution in [0, 0.1) is 0 Å². The fourth-order valence-electron chi connectivity index (χ4n) is 1.69. The molecule has 1 aromatic carbocycles. The molecular formula is C13H15ClN6O2. The quantitative estimate of drug-likeness (QED) is 0.583. The summed E-state index contributed by atoms with van der Waals surface area (Å²) in [4.78, 5) is 23.2. The third-order valence-corrected chi connectivity index (χ3v) is 3.01. The first-order valence-corrected chi connectivity index (χ1v) is 6.81. The van der Waals surface area contributed by atoms with Crippen LogP contribution < -0.4 is 16.3 Å². The molecule has 1 aliphatic rings. The molecule has 22 heavy (non-hydrogen) atoms. The lowest BCUT2D eigenvalue weighted by atomic mass is 10.1. The Morgan fingerprint density at radius 1 is 1.50 bits per heavy atom. The second-order valence-electron chi connectivity index (χ2n) is 4.61. The highest BCUT2D eigenvalue weighted by Crippen LogP contribution is 2.11. The van der Waals surface area contributed by atoms with Gasteiger partial charge in [-0.3, -0.25) is 0 Å². The van der Waals surface area contributed by atoms with Crippen LogP contribution in [0.25, 0.3) is 0 Å². The number of nitrogens with zero attached hydrogens (tertiary/aromatic N) is 3. The first-order chi connectivity index (χ1) is 10.5. The van der Waals surface area contributed by atoms with Crippen LogP contribution in [-0.2, 0) is 0 Å². The van der Waals surface area contributed by atoms with Gasteiger partial charge in [0.15, 0.2) is 0 Å². The zero-order valence-electron chi connectivity index (χ0n) is 12.1. The van der Waals surface area contributed by atoms with Gasteiger partial charge in [-0.2, -0.15) is 10.2 Å². The molecule has 9 heteroatoms. The van der Waals surface area contributed by atoms with Gasteiger partial charge in [0, 0.05) is 5.02 Å². The SMILES string of the molecule is CC1=NNC(=O)N(NC(=O)N/N=C(\C)c2cccc(Cl)c2)C1. The number of urea groups is 2. The molecule has 0 saturated heterocycles. The summed E-state index contributed by atoms with van der Waals surface area (Å²) in [6.45, 7) is 3.67. The van der Waals surface area contributed by atoms with Gasteiger partial charge in [-0.25, -0.2) is 30.9 Å². The molecule has 2 rings (SSSR count). The van der Waals surface area contributed by atoms with E-state index in [-0.39, 0.29) is 6.54 Å². The molecule has 0 atom stereocenters. The van der Waals surface area contributed by atoms with Crippen molar-refractivity contribution >= 4 is 35.1 Å². The van der Waals surface area contributed by atoms with Gasteiger partial charge in [-0.1, -0.05) is 23.7 Å². The van der Waals surface area contributed by atoms with Crippen molar-refractivity contribution in [3.63, 3.8) is 0 Å². The number of carbonyl (C=O) groups is 2. The molecule has 116 valence electrons. The maximum atomic E-state index is 11.7. The number of halogens is 1. The van der Waals surface area contributed by atoms with E-state index in [0.29, 0.717) is 16.4 Å². The Hall–Kier alpha value is -2.61.